The molecule has 0 unspecified atom stereocenters. The number of halogens is 1. The number of hydrogen-bond acceptors (Lipinski definition) is 5. The summed E-state index contributed by atoms with van der Waals surface area (Å²) < 4.78 is 15.7. The molecule has 0 aliphatic rings. The Balaban J connectivity index is 1.98. The Morgan fingerprint density at radius 2 is 1.96 bits per heavy atom. The van der Waals surface area contributed by atoms with Gasteiger partial charge in [-0.15, -0.1) is 0 Å². The van der Waals surface area contributed by atoms with Crippen LogP contribution in [0.3, 0.4) is 0 Å². The molecule has 1 aromatic heterocycles. The normalized spacial score (nSPS) is 10.7. The van der Waals surface area contributed by atoms with Crippen LogP contribution in [0.1, 0.15) is 21.5 Å². The fourth-order valence-electron chi connectivity index (χ4n) is 2.49. The third-order valence-electron chi connectivity index (χ3n) is 3.78. The van der Waals surface area contributed by atoms with Crippen molar-refractivity contribution in [1.82, 2.24) is 0 Å². The fraction of sp³-hybridized carbons (Fsp3) is 0.158. The molecule has 128 valence electrons. The highest BCUT2D eigenvalue weighted by Gasteiger charge is 2.14. The number of esters is 1. The van der Waals surface area contributed by atoms with E-state index in [-0.39, 0.29) is 6.61 Å². The molecule has 0 N–H and O–H groups in total. The highest BCUT2D eigenvalue weighted by Crippen LogP contribution is 2.27. The largest absolute Gasteiger partial charge is 0.488 e. The third-order valence-corrected chi connectivity index (χ3v) is 4.19. The van der Waals surface area contributed by atoms with Crippen LogP contribution in [-0.4, -0.2) is 13.1 Å². The topological polar surface area (TPSA) is 65.7 Å². The molecule has 25 heavy (non-hydrogen) atoms. The number of hydrogen-bond donors (Lipinski definition) is 0. The minimum absolute atomic E-state index is 0.0789. The van der Waals surface area contributed by atoms with Gasteiger partial charge >= 0.3 is 11.6 Å². The van der Waals surface area contributed by atoms with Crippen molar-refractivity contribution in [3.63, 3.8) is 0 Å². The van der Waals surface area contributed by atoms with Gasteiger partial charge in [0, 0.05) is 22.0 Å². The van der Waals surface area contributed by atoms with Crippen molar-refractivity contribution >= 4 is 28.5 Å². The second-order valence-corrected chi connectivity index (χ2v) is 5.87. The first-order valence-electron chi connectivity index (χ1n) is 7.52. The van der Waals surface area contributed by atoms with Gasteiger partial charge in [0.15, 0.2) is 0 Å². The number of carbonyl (C=O) groups is 1. The summed E-state index contributed by atoms with van der Waals surface area (Å²) in [5.41, 5.74) is 1.70. The van der Waals surface area contributed by atoms with E-state index >= 15 is 0 Å². The Morgan fingerprint density at radius 3 is 2.72 bits per heavy atom. The van der Waals surface area contributed by atoms with Gasteiger partial charge in [-0.05, 0) is 36.8 Å². The molecule has 0 amide bonds. The lowest BCUT2D eigenvalue weighted by atomic mass is 10.1. The Kier molecular flexibility index (Phi) is 4.76. The van der Waals surface area contributed by atoms with E-state index in [1.54, 1.807) is 36.4 Å². The molecule has 0 atom stereocenters. The average molecular weight is 359 g/mol. The van der Waals surface area contributed by atoms with E-state index in [0.717, 1.165) is 5.56 Å². The number of aryl methyl sites for hydroxylation is 1. The molecule has 2 aromatic carbocycles. The van der Waals surface area contributed by atoms with Crippen LogP contribution in [0, 0.1) is 6.92 Å². The van der Waals surface area contributed by atoms with Gasteiger partial charge in [-0.3, -0.25) is 0 Å². The van der Waals surface area contributed by atoms with Crippen molar-refractivity contribution in [2.24, 2.45) is 0 Å². The second kappa shape index (κ2) is 6.99. The van der Waals surface area contributed by atoms with E-state index < -0.39 is 11.6 Å². The molecule has 6 heteroatoms. The molecule has 5 nitrogen and oxygen atoms in total. The monoisotopic (exact) mass is 358 g/mol. The van der Waals surface area contributed by atoms with Gasteiger partial charge in [-0.25, -0.2) is 9.59 Å². The van der Waals surface area contributed by atoms with Crippen molar-refractivity contribution < 1.29 is 18.7 Å². The van der Waals surface area contributed by atoms with Crippen molar-refractivity contribution in [1.29, 1.82) is 0 Å². The first-order chi connectivity index (χ1) is 12.0. The molecule has 0 spiro atoms. The van der Waals surface area contributed by atoms with E-state index in [0.29, 0.717) is 32.9 Å². The van der Waals surface area contributed by atoms with Crippen LogP contribution in [-0.2, 0) is 11.3 Å². The minimum atomic E-state index is -0.494. The zero-order valence-electron chi connectivity index (χ0n) is 13.7. The number of fused-ring (bicyclic) bond motifs is 1. The molecule has 0 saturated heterocycles. The Bertz CT molecular complexity index is 1010. The number of methoxy groups -OCH3 is 1. The SMILES string of the molecule is COC(=O)c1ccccc1OCc1cc(=O)oc2cc(C)c(Cl)cc12. The van der Waals surface area contributed by atoms with Gasteiger partial charge in [0.2, 0.25) is 0 Å². The maximum atomic E-state index is 11.8. The molecule has 0 fully saturated rings. The van der Waals surface area contributed by atoms with Crippen LogP contribution in [0.15, 0.2) is 51.7 Å². The van der Waals surface area contributed by atoms with Crippen LogP contribution in [0.25, 0.3) is 11.0 Å². The van der Waals surface area contributed by atoms with Crippen molar-refractivity contribution in [2.75, 3.05) is 7.11 Å². The quantitative estimate of drug-likeness (QED) is 0.518. The van der Waals surface area contributed by atoms with Gasteiger partial charge in [0.25, 0.3) is 0 Å². The van der Waals surface area contributed by atoms with E-state index in [4.69, 9.17) is 25.5 Å². The molecule has 3 rings (SSSR count). The van der Waals surface area contributed by atoms with Gasteiger partial charge in [-0.2, -0.15) is 0 Å². The van der Waals surface area contributed by atoms with Crippen LogP contribution in [0.5, 0.6) is 5.75 Å². The smallest absolute Gasteiger partial charge is 0.341 e. The maximum absolute atomic E-state index is 11.8. The first kappa shape index (κ1) is 17.0. The zero-order valence-corrected chi connectivity index (χ0v) is 14.4. The third kappa shape index (κ3) is 3.51. The molecule has 0 aliphatic carbocycles. The van der Waals surface area contributed by atoms with E-state index in [9.17, 15) is 9.59 Å². The fourth-order valence-corrected chi connectivity index (χ4v) is 2.66. The van der Waals surface area contributed by atoms with E-state index in [1.165, 1.54) is 13.2 Å². The number of rotatable bonds is 4. The predicted molar refractivity (Wildman–Crippen MR) is 94.3 cm³/mol. The van der Waals surface area contributed by atoms with Gasteiger partial charge in [-0.1, -0.05) is 23.7 Å². The summed E-state index contributed by atoms with van der Waals surface area (Å²) in [5, 5.41) is 1.25. The Morgan fingerprint density at radius 1 is 1.20 bits per heavy atom. The highest BCUT2D eigenvalue weighted by molar-refractivity contribution is 6.32. The number of para-hydroxylation sites is 1. The zero-order chi connectivity index (χ0) is 18.0. The van der Waals surface area contributed by atoms with Crippen molar-refractivity contribution in [3.05, 3.63) is 74.6 Å². The Hall–Kier alpha value is -2.79. The summed E-state index contributed by atoms with van der Waals surface area (Å²) in [6.45, 7) is 1.91. The van der Waals surface area contributed by atoms with Crippen LogP contribution in [0.4, 0.5) is 0 Å². The number of ether oxygens (including phenoxy) is 2. The van der Waals surface area contributed by atoms with Crippen molar-refractivity contribution in [3.8, 4) is 5.75 Å². The molecule has 1 heterocycles. The van der Waals surface area contributed by atoms with Crippen LogP contribution < -0.4 is 10.4 Å². The Labute approximate surface area is 148 Å². The van der Waals surface area contributed by atoms with E-state index in [1.807, 2.05) is 6.92 Å². The lowest BCUT2D eigenvalue weighted by Crippen LogP contribution is -2.08. The molecule has 0 aliphatic heterocycles. The molecule has 0 saturated carbocycles. The molecular formula is C19H15ClO5. The summed E-state index contributed by atoms with van der Waals surface area (Å²) in [6.07, 6.45) is 0. The molecular weight excluding hydrogens is 344 g/mol. The molecule has 0 radical (unpaired) electrons. The lowest BCUT2D eigenvalue weighted by Gasteiger charge is -2.11. The predicted octanol–water partition coefficient (Wildman–Crippen LogP) is 4.12. The first-order valence-corrected chi connectivity index (χ1v) is 7.90. The molecule has 3 aromatic rings. The highest BCUT2D eigenvalue weighted by atomic mass is 35.5. The maximum Gasteiger partial charge on any atom is 0.341 e. The molecule has 0 bridgehead atoms. The minimum Gasteiger partial charge on any atom is -0.488 e. The second-order valence-electron chi connectivity index (χ2n) is 5.46. The summed E-state index contributed by atoms with van der Waals surface area (Å²) in [5.74, 6) is -0.124. The summed E-state index contributed by atoms with van der Waals surface area (Å²) in [4.78, 5) is 23.6. The van der Waals surface area contributed by atoms with Crippen LogP contribution in [0.2, 0.25) is 5.02 Å². The standard InChI is InChI=1S/C19H15ClO5/c1-11-7-17-14(9-15(11)20)12(8-18(21)25-17)10-24-16-6-4-3-5-13(16)19(22)23-2/h3-9H,10H2,1-2H3. The van der Waals surface area contributed by atoms with Gasteiger partial charge in [0.1, 0.15) is 23.5 Å². The van der Waals surface area contributed by atoms with Crippen molar-refractivity contribution in [2.45, 2.75) is 13.5 Å². The lowest BCUT2D eigenvalue weighted by molar-refractivity contribution is 0.0595. The van der Waals surface area contributed by atoms with E-state index in [2.05, 4.69) is 0 Å². The summed E-state index contributed by atoms with van der Waals surface area (Å²) in [7, 11) is 1.30. The number of benzene rings is 2. The summed E-state index contributed by atoms with van der Waals surface area (Å²) >= 11 is 6.18. The number of carbonyl (C=O) groups excluding carboxylic acids is 1. The average Bonchev–Trinajstić information content (AvgIpc) is 2.60. The summed E-state index contributed by atoms with van der Waals surface area (Å²) in [6, 6.07) is 11.5. The van der Waals surface area contributed by atoms with Gasteiger partial charge in [0.05, 0.1) is 7.11 Å². The van der Waals surface area contributed by atoms with Gasteiger partial charge < -0.3 is 13.9 Å². The van der Waals surface area contributed by atoms with Crippen LogP contribution >= 0.6 is 11.6 Å².